The van der Waals surface area contributed by atoms with Crippen molar-refractivity contribution in [1.29, 1.82) is 0 Å². The summed E-state index contributed by atoms with van der Waals surface area (Å²) in [5.41, 5.74) is 7.84. The normalized spacial score (nSPS) is 10.7. The van der Waals surface area contributed by atoms with Crippen molar-refractivity contribution in [2.45, 2.75) is 19.8 Å². The first-order chi connectivity index (χ1) is 7.25. The standard InChI is InChI=1S/C8H14N6O/c1-2-3-4-12-14-13-8-6(7(9)15)10-5-11-8/h5H,2-4H2,1H3,(H2,9,15)(H,10,11)(H,12,13). The van der Waals surface area contributed by atoms with Gasteiger partial charge >= 0.3 is 0 Å². The number of primary amides is 1. The lowest BCUT2D eigenvalue weighted by molar-refractivity contribution is 0.0997. The van der Waals surface area contributed by atoms with Gasteiger partial charge in [-0.25, -0.2) is 10.4 Å². The fourth-order valence-corrected chi connectivity index (χ4v) is 0.928. The molecule has 15 heavy (non-hydrogen) atoms. The van der Waals surface area contributed by atoms with E-state index in [2.05, 4.69) is 32.7 Å². The second-order valence-corrected chi connectivity index (χ2v) is 2.92. The van der Waals surface area contributed by atoms with Gasteiger partial charge in [0.05, 0.1) is 12.9 Å². The highest BCUT2D eigenvalue weighted by Gasteiger charge is 2.09. The van der Waals surface area contributed by atoms with Crippen LogP contribution in [-0.2, 0) is 0 Å². The van der Waals surface area contributed by atoms with Crippen LogP contribution in [0, 0.1) is 0 Å². The molecule has 0 saturated carbocycles. The van der Waals surface area contributed by atoms with Crippen LogP contribution < -0.4 is 11.2 Å². The van der Waals surface area contributed by atoms with Crippen molar-refractivity contribution < 1.29 is 4.79 Å². The van der Waals surface area contributed by atoms with Crippen LogP contribution in [0.15, 0.2) is 16.7 Å². The molecular formula is C8H14N6O. The zero-order chi connectivity index (χ0) is 11.1. The maximum Gasteiger partial charge on any atom is 0.269 e. The zero-order valence-electron chi connectivity index (χ0n) is 8.53. The summed E-state index contributed by atoms with van der Waals surface area (Å²) in [6.07, 6.45) is 3.41. The van der Waals surface area contributed by atoms with Gasteiger partial charge in [0.25, 0.3) is 5.91 Å². The summed E-state index contributed by atoms with van der Waals surface area (Å²) < 4.78 is 0. The Morgan fingerprint density at radius 1 is 1.73 bits per heavy atom. The van der Waals surface area contributed by atoms with Gasteiger partial charge in [0.2, 0.25) is 0 Å². The molecule has 0 fully saturated rings. The highest BCUT2D eigenvalue weighted by atomic mass is 16.1. The maximum absolute atomic E-state index is 10.9. The van der Waals surface area contributed by atoms with Crippen LogP contribution in [-0.4, -0.2) is 22.4 Å². The first-order valence-electron chi connectivity index (χ1n) is 4.71. The Hall–Kier alpha value is -1.92. The Kier molecular flexibility index (Phi) is 4.27. The van der Waals surface area contributed by atoms with E-state index in [1.807, 2.05) is 0 Å². The van der Waals surface area contributed by atoms with Gasteiger partial charge in [-0.15, -0.1) is 0 Å². The van der Waals surface area contributed by atoms with Crippen molar-refractivity contribution in [3.63, 3.8) is 0 Å². The molecule has 0 bridgehead atoms. The molecule has 0 unspecified atom stereocenters. The lowest BCUT2D eigenvalue weighted by atomic mass is 10.3. The van der Waals surface area contributed by atoms with Gasteiger partial charge in [-0.1, -0.05) is 18.6 Å². The van der Waals surface area contributed by atoms with Crippen molar-refractivity contribution in [1.82, 2.24) is 9.97 Å². The number of carbonyl (C=O) groups excluding carboxylic acids is 1. The van der Waals surface area contributed by atoms with Gasteiger partial charge in [0.15, 0.2) is 5.82 Å². The topological polar surface area (TPSA) is 109 Å². The minimum Gasteiger partial charge on any atom is -0.364 e. The summed E-state index contributed by atoms with van der Waals surface area (Å²) in [6.45, 7) is 2.72. The first kappa shape index (κ1) is 11.2. The van der Waals surface area contributed by atoms with Crippen LogP contribution in [0.2, 0.25) is 0 Å². The number of imidazole rings is 1. The first-order valence-corrected chi connectivity index (χ1v) is 4.71. The maximum atomic E-state index is 10.9. The molecule has 1 heterocycles. The lowest BCUT2D eigenvalue weighted by Crippen LogP contribution is -2.13. The fourth-order valence-electron chi connectivity index (χ4n) is 0.928. The molecule has 0 aliphatic rings. The van der Waals surface area contributed by atoms with E-state index in [9.17, 15) is 4.79 Å². The van der Waals surface area contributed by atoms with Crippen LogP contribution in [0.5, 0.6) is 0 Å². The quantitative estimate of drug-likeness (QED) is 0.371. The van der Waals surface area contributed by atoms with E-state index >= 15 is 0 Å². The molecule has 7 heteroatoms. The molecule has 0 aliphatic carbocycles. The fraction of sp³-hybridized carbons (Fsp3) is 0.500. The van der Waals surface area contributed by atoms with Crippen LogP contribution in [0.1, 0.15) is 30.3 Å². The summed E-state index contributed by atoms with van der Waals surface area (Å²) in [5, 5.41) is 7.52. The number of carbonyl (C=O) groups is 1. The highest BCUT2D eigenvalue weighted by molar-refractivity contribution is 5.95. The van der Waals surface area contributed by atoms with Crippen molar-refractivity contribution in [2.75, 3.05) is 12.0 Å². The monoisotopic (exact) mass is 210 g/mol. The number of aromatic amines is 1. The molecule has 0 spiro atoms. The Balaban J connectivity index is 2.46. The zero-order valence-corrected chi connectivity index (χ0v) is 8.53. The van der Waals surface area contributed by atoms with Crippen LogP contribution >= 0.6 is 0 Å². The smallest absolute Gasteiger partial charge is 0.269 e. The molecule has 7 nitrogen and oxygen atoms in total. The predicted octanol–water partition coefficient (Wildman–Crippen LogP) is 1.09. The van der Waals surface area contributed by atoms with Crippen molar-refractivity contribution in [3.05, 3.63) is 12.0 Å². The molecule has 1 aromatic heterocycles. The summed E-state index contributed by atoms with van der Waals surface area (Å²) in [7, 11) is 0. The number of aromatic nitrogens is 2. The van der Waals surface area contributed by atoms with Crippen molar-refractivity contribution in [2.24, 2.45) is 16.1 Å². The summed E-state index contributed by atoms with van der Waals surface area (Å²) in [4.78, 5) is 17.3. The number of rotatable bonds is 6. The number of H-pyrrole nitrogens is 1. The van der Waals surface area contributed by atoms with Gasteiger partial charge in [-0.05, 0) is 6.42 Å². The number of amides is 1. The van der Waals surface area contributed by atoms with Crippen LogP contribution in [0.4, 0.5) is 5.82 Å². The van der Waals surface area contributed by atoms with E-state index < -0.39 is 5.91 Å². The Morgan fingerprint density at radius 2 is 2.53 bits per heavy atom. The second kappa shape index (κ2) is 5.74. The number of nitrogens with zero attached hydrogens (tertiary/aromatic N) is 3. The third kappa shape index (κ3) is 3.37. The Morgan fingerprint density at radius 3 is 3.20 bits per heavy atom. The summed E-state index contributed by atoms with van der Waals surface area (Å²) in [6, 6.07) is 0. The average molecular weight is 210 g/mol. The van der Waals surface area contributed by atoms with Crippen molar-refractivity contribution >= 4 is 11.7 Å². The summed E-state index contributed by atoms with van der Waals surface area (Å²) >= 11 is 0. The van der Waals surface area contributed by atoms with E-state index in [0.29, 0.717) is 12.4 Å². The van der Waals surface area contributed by atoms with E-state index in [-0.39, 0.29) is 5.69 Å². The SMILES string of the molecule is CCCCN=NNc1nc[nH]c1C(N)=O. The van der Waals surface area contributed by atoms with E-state index in [4.69, 9.17) is 5.73 Å². The Bertz CT molecular complexity index is 345. The molecule has 0 aromatic carbocycles. The van der Waals surface area contributed by atoms with E-state index in [0.717, 1.165) is 12.8 Å². The predicted molar refractivity (Wildman–Crippen MR) is 55.4 cm³/mol. The molecule has 0 aliphatic heterocycles. The van der Waals surface area contributed by atoms with Gasteiger partial charge in [0.1, 0.15) is 5.69 Å². The molecular weight excluding hydrogens is 196 g/mol. The van der Waals surface area contributed by atoms with Crippen LogP contribution in [0.25, 0.3) is 0 Å². The van der Waals surface area contributed by atoms with Gasteiger partial charge < -0.3 is 10.7 Å². The Labute approximate surface area is 87.2 Å². The molecule has 1 amide bonds. The largest absolute Gasteiger partial charge is 0.364 e. The minimum atomic E-state index is -0.584. The average Bonchev–Trinajstić information content (AvgIpc) is 2.66. The molecule has 82 valence electrons. The van der Waals surface area contributed by atoms with E-state index in [1.165, 1.54) is 6.33 Å². The number of hydrogen-bond donors (Lipinski definition) is 3. The number of nitrogens with one attached hydrogen (secondary N) is 2. The second-order valence-electron chi connectivity index (χ2n) is 2.92. The third-order valence-electron chi connectivity index (χ3n) is 1.72. The molecule has 4 N–H and O–H groups in total. The number of anilines is 1. The molecule has 0 atom stereocenters. The molecule has 0 radical (unpaired) electrons. The van der Waals surface area contributed by atoms with Gasteiger partial charge in [-0.2, -0.15) is 5.11 Å². The highest BCUT2D eigenvalue weighted by Crippen LogP contribution is 2.07. The van der Waals surface area contributed by atoms with Crippen LogP contribution in [0.3, 0.4) is 0 Å². The van der Waals surface area contributed by atoms with Gasteiger partial charge in [0, 0.05) is 0 Å². The minimum absolute atomic E-state index is 0.199. The number of hydrogen-bond acceptors (Lipinski definition) is 4. The number of unbranched alkanes of at least 4 members (excludes halogenated alkanes) is 1. The molecule has 1 rings (SSSR count). The summed E-state index contributed by atoms with van der Waals surface area (Å²) in [5.74, 6) is -0.290. The number of nitrogens with two attached hydrogens (primary N) is 1. The lowest BCUT2D eigenvalue weighted by Gasteiger charge is -1.95. The van der Waals surface area contributed by atoms with Gasteiger partial charge in [-0.3, -0.25) is 4.79 Å². The molecule has 1 aromatic rings. The molecule has 0 saturated heterocycles. The van der Waals surface area contributed by atoms with Crippen molar-refractivity contribution in [3.8, 4) is 0 Å². The van der Waals surface area contributed by atoms with E-state index in [1.54, 1.807) is 0 Å². The third-order valence-corrected chi connectivity index (χ3v) is 1.72.